The summed E-state index contributed by atoms with van der Waals surface area (Å²) in [5.41, 5.74) is 3.61. The molecule has 11 aromatic rings. The van der Waals surface area contributed by atoms with Crippen LogP contribution in [0.3, 0.4) is 0 Å². The molecule has 0 N–H and O–H groups in total. The topological polar surface area (TPSA) is 122 Å². The van der Waals surface area contributed by atoms with Crippen molar-refractivity contribution in [1.29, 1.82) is 10.5 Å². The summed E-state index contributed by atoms with van der Waals surface area (Å²) < 4.78 is 0. The number of rotatable bonds is 6. The Kier molecular flexibility index (Phi) is 7.83. The van der Waals surface area contributed by atoms with Crippen LogP contribution in [0.5, 0.6) is 0 Å². The molecule has 0 spiro atoms. The summed E-state index contributed by atoms with van der Waals surface area (Å²) in [6, 6.07) is 51.5. The quantitative estimate of drug-likeness (QED) is 0.0933. The van der Waals surface area contributed by atoms with Gasteiger partial charge >= 0.3 is 0 Å². The van der Waals surface area contributed by atoms with Gasteiger partial charge in [0, 0.05) is 56.5 Å². The van der Waals surface area contributed by atoms with E-state index in [1.807, 2.05) is 48.5 Å². The van der Waals surface area contributed by atoms with E-state index in [0.29, 0.717) is 67.1 Å². The summed E-state index contributed by atoms with van der Waals surface area (Å²) in [6.45, 7) is 0.234. The molecule has 0 unspecified atom stereocenters. The molecular formula is C58H32N4O4. The van der Waals surface area contributed by atoms with Gasteiger partial charge in [0.1, 0.15) is 0 Å². The molecule has 4 amide bonds. The van der Waals surface area contributed by atoms with E-state index >= 15 is 0 Å². The third kappa shape index (κ3) is 5.01. The van der Waals surface area contributed by atoms with Crippen molar-refractivity contribution in [3.8, 4) is 12.1 Å². The fourth-order valence-corrected chi connectivity index (χ4v) is 11.4. The third-order valence-electron chi connectivity index (χ3n) is 14.2. The van der Waals surface area contributed by atoms with Gasteiger partial charge in [-0.3, -0.25) is 29.0 Å². The number of benzene rings is 11. The summed E-state index contributed by atoms with van der Waals surface area (Å²) in [7, 11) is 0. The summed E-state index contributed by atoms with van der Waals surface area (Å²) in [4.78, 5) is 61.2. The van der Waals surface area contributed by atoms with Crippen molar-refractivity contribution in [2.45, 2.75) is 12.8 Å². The first-order valence-electron chi connectivity index (χ1n) is 21.9. The second-order valence-corrected chi connectivity index (χ2v) is 17.4. The van der Waals surface area contributed by atoms with Crippen LogP contribution in [0.1, 0.15) is 63.7 Å². The zero-order valence-electron chi connectivity index (χ0n) is 35.1. The van der Waals surface area contributed by atoms with Gasteiger partial charge in [0.05, 0.1) is 34.4 Å². The minimum absolute atomic E-state index is 0.117. The van der Waals surface area contributed by atoms with E-state index in [4.69, 9.17) is 0 Å². The van der Waals surface area contributed by atoms with Crippen LogP contribution in [0.15, 0.2) is 146 Å². The Morgan fingerprint density at radius 2 is 0.682 bits per heavy atom. The fraction of sp³-hybridized carbons (Fsp3) is 0.0690. The van der Waals surface area contributed by atoms with Crippen molar-refractivity contribution in [1.82, 2.24) is 9.80 Å². The minimum atomic E-state index is -0.499. The van der Waals surface area contributed by atoms with E-state index in [1.54, 1.807) is 36.4 Å². The van der Waals surface area contributed by atoms with Crippen molar-refractivity contribution in [2.75, 3.05) is 13.1 Å². The Bertz CT molecular complexity index is 3810. The lowest BCUT2D eigenvalue weighted by atomic mass is 9.79. The van der Waals surface area contributed by atoms with Gasteiger partial charge in [0.2, 0.25) is 0 Å². The molecule has 0 fully saturated rings. The third-order valence-corrected chi connectivity index (χ3v) is 14.2. The van der Waals surface area contributed by atoms with Gasteiger partial charge in [-0.1, -0.05) is 109 Å². The van der Waals surface area contributed by atoms with Crippen LogP contribution >= 0.6 is 0 Å². The molecule has 0 aromatic heterocycles. The SMILES string of the molecule is N#Cc1cc2c3c(ccc4c5c(C#N)cc6c7c(ccc(c1c34)c75)C(=O)N(CCc1c3ccccc3cc3ccccc13)C6=O)C(=O)N(CCc1c3ccccc3cc3ccccc13)C2=O. The fourth-order valence-electron chi connectivity index (χ4n) is 11.4. The lowest BCUT2D eigenvalue weighted by Gasteiger charge is -2.31. The number of carbonyl (C=O) groups excluding carboxylic acids is 4. The number of hydrogen-bond donors (Lipinski definition) is 0. The molecule has 2 heterocycles. The highest BCUT2D eigenvalue weighted by molar-refractivity contribution is 6.42. The average Bonchev–Trinajstić information content (AvgIpc) is 3.35. The molecular weight excluding hydrogens is 817 g/mol. The van der Waals surface area contributed by atoms with Crippen molar-refractivity contribution in [3.63, 3.8) is 0 Å². The minimum Gasteiger partial charge on any atom is -0.274 e. The largest absolute Gasteiger partial charge is 0.274 e. The summed E-state index contributed by atoms with van der Waals surface area (Å²) >= 11 is 0. The van der Waals surface area contributed by atoms with Gasteiger partial charge in [-0.2, -0.15) is 10.5 Å². The standard InChI is InChI=1S/C58H32N4O4/c59-29-35-27-47-51-45(55(63)61(57(47)65)23-21-41-37-13-5-1-9-31(37)25-32-10-2-6-14-38(32)41)19-17-43-50-36(30-60)28-48-52-46(20-18-44(54(50)52)49(35)53(43)51)56(64)62(58(48)66)24-22-42-39-15-7-3-11-33(39)26-34-12-4-8-16-40(34)42/h1-20,25-28H,21-24H2. The number of hydrogen-bond acceptors (Lipinski definition) is 6. The van der Waals surface area contributed by atoms with Crippen molar-refractivity contribution in [3.05, 3.63) is 190 Å². The lowest BCUT2D eigenvalue weighted by Crippen LogP contribution is -2.41. The van der Waals surface area contributed by atoms with E-state index in [2.05, 4.69) is 72.8 Å². The van der Waals surface area contributed by atoms with E-state index in [0.717, 1.165) is 54.2 Å². The van der Waals surface area contributed by atoms with Gasteiger partial charge in [0.15, 0.2) is 0 Å². The van der Waals surface area contributed by atoms with Crippen LogP contribution < -0.4 is 0 Å². The number of nitrogens with zero attached hydrogens (tertiary/aromatic N) is 4. The van der Waals surface area contributed by atoms with Crippen molar-refractivity contribution in [2.24, 2.45) is 0 Å². The predicted molar refractivity (Wildman–Crippen MR) is 258 cm³/mol. The normalized spacial score (nSPS) is 13.7. The second kappa shape index (κ2) is 13.8. The van der Waals surface area contributed by atoms with Crippen molar-refractivity contribution >= 4 is 110 Å². The molecule has 2 aliphatic heterocycles. The van der Waals surface area contributed by atoms with Crippen LogP contribution in [-0.4, -0.2) is 46.5 Å². The zero-order valence-corrected chi connectivity index (χ0v) is 35.1. The first kappa shape index (κ1) is 37.6. The first-order chi connectivity index (χ1) is 32.3. The van der Waals surface area contributed by atoms with Crippen LogP contribution in [0.2, 0.25) is 0 Å². The van der Waals surface area contributed by atoms with Crippen LogP contribution in [0, 0.1) is 22.7 Å². The Hall–Kier alpha value is -8.98. The summed E-state index contributed by atoms with van der Waals surface area (Å²) in [5, 5.41) is 34.2. The maximum Gasteiger partial charge on any atom is 0.261 e. The molecule has 8 nitrogen and oxygen atoms in total. The molecule has 308 valence electrons. The lowest BCUT2D eigenvalue weighted by molar-refractivity contribution is 0.0597. The second-order valence-electron chi connectivity index (χ2n) is 17.4. The first-order valence-corrected chi connectivity index (χ1v) is 21.9. The van der Waals surface area contributed by atoms with E-state index in [-0.39, 0.29) is 35.3 Å². The molecule has 0 saturated heterocycles. The molecule has 66 heavy (non-hydrogen) atoms. The number of amides is 4. The van der Waals surface area contributed by atoms with Crippen LogP contribution in [0.4, 0.5) is 0 Å². The molecule has 13 rings (SSSR count). The molecule has 8 heteroatoms. The van der Waals surface area contributed by atoms with E-state index in [1.165, 1.54) is 9.80 Å². The van der Waals surface area contributed by atoms with Crippen molar-refractivity contribution < 1.29 is 19.2 Å². The highest BCUT2D eigenvalue weighted by Crippen LogP contribution is 2.49. The molecule has 0 aliphatic carbocycles. The van der Waals surface area contributed by atoms with Crippen LogP contribution in [0.25, 0.3) is 86.2 Å². The summed E-state index contributed by atoms with van der Waals surface area (Å²) in [5.74, 6) is -1.88. The Balaban J connectivity index is 0.942. The van der Waals surface area contributed by atoms with Gasteiger partial charge in [-0.25, -0.2) is 0 Å². The maximum absolute atomic E-state index is 14.7. The van der Waals surface area contributed by atoms with E-state index < -0.39 is 23.6 Å². The Morgan fingerprint density at radius 1 is 0.348 bits per heavy atom. The maximum atomic E-state index is 14.7. The number of carbonyl (C=O) groups is 4. The molecule has 0 radical (unpaired) electrons. The molecule has 0 saturated carbocycles. The highest BCUT2D eigenvalue weighted by Gasteiger charge is 2.38. The molecule has 11 aromatic carbocycles. The number of imide groups is 2. The molecule has 0 atom stereocenters. The highest BCUT2D eigenvalue weighted by atomic mass is 16.2. The van der Waals surface area contributed by atoms with Gasteiger partial charge in [-0.15, -0.1) is 0 Å². The summed E-state index contributed by atoms with van der Waals surface area (Å²) in [6.07, 6.45) is 0.833. The molecule has 2 aliphatic rings. The number of fused-ring (bicyclic) bond motifs is 6. The van der Waals surface area contributed by atoms with Gasteiger partial charge in [-0.05, 0) is 114 Å². The Labute approximate surface area is 376 Å². The van der Waals surface area contributed by atoms with Gasteiger partial charge in [0.25, 0.3) is 23.6 Å². The van der Waals surface area contributed by atoms with Crippen LogP contribution in [-0.2, 0) is 12.8 Å². The Morgan fingerprint density at radius 3 is 1.03 bits per heavy atom. The zero-order chi connectivity index (χ0) is 44.5. The molecule has 0 bridgehead atoms. The monoisotopic (exact) mass is 848 g/mol. The van der Waals surface area contributed by atoms with Gasteiger partial charge < -0.3 is 0 Å². The predicted octanol–water partition coefficient (Wildman–Crippen LogP) is 11.8. The van der Waals surface area contributed by atoms with E-state index in [9.17, 15) is 29.7 Å². The number of nitriles is 2. The smallest absolute Gasteiger partial charge is 0.261 e. The average molecular weight is 849 g/mol.